The summed E-state index contributed by atoms with van der Waals surface area (Å²) in [6, 6.07) is 5.58. The maximum absolute atomic E-state index is 12.5. The number of benzene rings is 1. The van der Waals surface area contributed by atoms with Gasteiger partial charge in [-0.2, -0.15) is 0 Å². The average molecular weight is 349 g/mol. The highest BCUT2D eigenvalue weighted by atomic mass is 16.5. The zero-order valence-corrected chi connectivity index (χ0v) is 14.6. The van der Waals surface area contributed by atoms with Crippen LogP contribution in [0.5, 0.6) is 5.75 Å². The third-order valence-corrected chi connectivity index (χ3v) is 4.56. The number of carboxylic acid groups (broad SMARTS) is 1. The molecule has 1 amide bonds. The number of aryl methyl sites for hydroxylation is 1. The number of fused-ring (bicyclic) bond motifs is 1. The molecule has 1 aliphatic rings. The van der Waals surface area contributed by atoms with Crippen LogP contribution in [0.4, 0.5) is 0 Å². The van der Waals surface area contributed by atoms with Crippen molar-refractivity contribution in [3.63, 3.8) is 0 Å². The van der Waals surface area contributed by atoms with E-state index in [1.807, 2.05) is 12.1 Å². The van der Waals surface area contributed by atoms with Crippen molar-refractivity contribution in [2.45, 2.75) is 38.6 Å². The van der Waals surface area contributed by atoms with E-state index in [9.17, 15) is 19.5 Å². The summed E-state index contributed by atoms with van der Waals surface area (Å²) in [5.74, 6) is -2.79. The Morgan fingerprint density at radius 1 is 1.32 bits per heavy atom. The number of methoxy groups -OCH3 is 1. The van der Waals surface area contributed by atoms with Crippen LogP contribution in [0, 0.1) is 5.92 Å². The minimum atomic E-state index is -2.08. The molecule has 136 valence electrons. The maximum Gasteiger partial charge on any atom is 0.344 e. The molecule has 2 unspecified atom stereocenters. The summed E-state index contributed by atoms with van der Waals surface area (Å²) >= 11 is 0. The molecule has 2 rings (SSSR count). The van der Waals surface area contributed by atoms with Gasteiger partial charge in [0.1, 0.15) is 5.75 Å². The monoisotopic (exact) mass is 349 g/mol. The molecule has 0 bridgehead atoms. The molecule has 0 spiro atoms. The zero-order valence-electron chi connectivity index (χ0n) is 14.6. The van der Waals surface area contributed by atoms with E-state index in [0.717, 1.165) is 16.9 Å². The second-order valence-electron chi connectivity index (χ2n) is 6.09. The van der Waals surface area contributed by atoms with Crippen LogP contribution in [0.15, 0.2) is 18.2 Å². The van der Waals surface area contributed by atoms with E-state index in [0.29, 0.717) is 19.3 Å². The highest BCUT2D eigenvalue weighted by Gasteiger charge is 2.55. The molecule has 7 nitrogen and oxygen atoms in total. The number of carbonyl (C=O) groups excluding carboxylic acids is 2. The number of carbonyl (C=O) groups is 3. The van der Waals surface area contributed by atoms with E-state index in [4.69, 9.17) is 9.47 Å². The number of hydrogen-bond acceptors (Lipinski definition) is 5. The first-order valence-corrected chi connectivity index (χ1v) is 8.20. The number of nitrogens with one attached hydrogen (secondary N) is 1. The molecule has 0 saturated carbocycles. The van der Waals surface area contributed by atoms with Crippen molar-refractivity contribution >= 4 is 17.8 Å². The summed E-state index contributed by atoms with van der Waals surface area (Å²) in [4.78, 5) is 36.2. The van der Waals surface area contributed by atoms with Gasteiger partial charge in [0.05, 0.1) is 13.7 Å². The molecular weight excluding hydrogens is 326 g/mol. The Kier molecular flexibility index (Phi) is 5.66. The summed E-state index contributed by atoms with van der Waals surface area (Å²) in [5.41, 5.74) is -0.0849. The topological polar surface area (TPSA) is 102 Å². The number of rotatable bonds is 6. The molecular formula is C18H23NO6. The largest absolute Gasteiger partial charge is 0.497 e. The number of amides is 1. The molecule has 1 aliphatic carbocycles. The molecule has 25 heavy (non-hydrogen) atoms. The fourth-order valence-electron chi connectivity index (χ4n) is 3.39. The molecule has 7 heteroatoms. The van der Waals surface area contributed by atoms with Crippen LogP contribution >= 0.6 is 0 Å². The van der Waals surface area contributed by atoms with Gasteiger partial charge in [-0.3, -0.25) is 4.79 Å². The van der Waals surface area contributed by atoms with Crippen molar-refractivity contribution in [1.29, 1.82) is 0 Å². The summed E-state index contributed by atoms with van der Waals surface area (Å²) in [6.07, 6.45) is 1.38. The van der Waals surface area contributed by atoms with E-state index >= 15 is 0 Å². The Balaban J connectivity index is 2.42. The average Bonchev–Trinajstić information content (AvgIpc) is 2.58. The highest BCUT2D eigenvalue weighted by molar-refractivity contribution is 6.07. The second kappa shape index (κ2) is 7.55. The summed E-state index contributed by atoms with van der Waals surface area (Å²) in [6.45, 7) is 2.83. The highest BCUT2D eigenvalue weighted by Crippen LogP contribution is 2.35. The summed E-state index contributed by atoms with van der Waals surface area (Å²) in [7, 11) is 1.58. The van der Waals surface area contributed by atoms with Crippen LogP contribution in [0.2, 0.25) is 0 Å². The van der Waals surface area contributed by atoms with E-state index in [1.54, 1.807) is 20.1 Å². The summed E-state index contributed by atoms with van der Waals surface area (Å²) in [5, 5.41) is 12.2. The number of carboxylic acids is 1. The third kappa shape index (κ3) is 3.60. The van der Waals surface area contributed by atoms with Gasteiger partial charge in [0.2, 0.25) is 11.4 Å². The van der Waals surface area contributed by atoms with Gasteiger partial charge in [0, 0.05) is 12.8 Å². The lowest BCUT2D eigenvalue weighted by molar-refractivity contribution is -0.168. The van der Waals surface area contributed by atoms with Gasteiger partial charge in [-0.15, -0.1) is 0 Å². The van der Waals surface area contributed by atoms with E-state index in [-0.39, 0.29) is 6.61 Å². The zero-order chi connectivity index (χ0) is 18.6. The number of ether oxygens (including phenoxy) is 2. The van der Waals surface area contributed by atoms with Crippen LogP contribution in [0.3, 0.4) is 0 Å². The predicted octanol–water partition coefficient (Wildman–Crippen LogP) is 1.32. The van der Waals surface area contributed by atoms with Crippen molar-refractivity contribution < 1.29 is 29.0 Å². The first-order valence-electron chi connectivity index (χ1n) is 8.20. The van der Waals surface area contributed by atoms with Gasteiger partial charge < -0.3 is 19.9 Å². The number of hydrogen-bond donors (Lipinski definition) is 2. The van der Waals surface area contributed by atoms with Crippen LogP contribution in [0.1, 0.15) is 31.4 Å². The SMILES string of the molecule is CCOC(=O)C(NC(C)=O)(C(=O)O)C1CCc2cc(OC)ccc2C1. The van der Waals surface area contributed by atoms with Crippen LogP contribution in [0.25, 0.3) is 0 Å². The van der Waals surface area contributed by atoms with E-state index in [1.165, 1.54) is 6.92 Å². The standard InChI is InChI=1S/C18H23NO6/c1-4-25-17(23)18(16(21)22,19-11(2)20)14-7-5-13-10-15(24-3)8-6-12(13)9-14/h6,8,10,14H,4-5,7,9H2,1-3H3,(H,19,20)(H,21,22). The molecule has 1 aromatic rings. The van der Waals surface area contributed by atoms with Gasteiger partial charge in [0.25, 0.3) is 0 Å². The Bertz CT molecular complexity index is 686. The predicted molar refractivity (Wildman–Crippen MR) is 89.3 cm³/mol. The Morgan fingerprint density at radius 3 is 2.60 bits per heavy atom. The lowest BCUT2D eigenvalue weighted by atomic mass is 9.72. The fraction of sp³-hybridized carbons (Fsp3) is 0.500. The normalized spacial score (nSPS) is 18.4. The van der Waals surface area contributed by atoms with Crippen molar-refractivity contribution in [2.75, 3.05) is 13.7 Å². The molecule has 0 heterocycles. The summed E-state index contributed by atoms with van der Waals surface area (Å²) < 4.78 is 10.2. The third-order valence-electron chi connectivity index (χ3n) is 4.56. The fourth-order valence-corrected chi connectivity index (χ4v) is 3.39. The van der Waals surface area contributed by atoms with Gasteiger partial charge >= 0.3 is 11.9 Å². The molecule has 0 saturated heterocycles. The van der Waals surface area contributed by atoms with Crippen LogP contribution in [-0.4, -0.2) is 42.2 Å². The van der Waals surface area contributed by atoms with Crippen LogP contribution in [-0.2, 0) is 32.0 Å². The molecule has 0 aliphatic heterocycles. The first kappa shape index (κ1) is 18.8. The minimum absolute atomic E-state index is 0.0357. The second-order valence-corrected chi connectivity index (χ2v) is 6.09. The number of aliphatic carboxylic acids is 1. The van der Waals surface area contributed by atoms with Gasteiger partial charge in [-0.05, 0) is 49.4 Å². The lowest BCUT2D eigenvalue weighted by Gasteiger charge is -2.38. The van der Waals surface area contributed by atoms with Gasteiger partial charge in [-0.25, -0.2) is 9.59 Å². The molecule has 1 aromatic carbocycles. The van der Waals surface area contributed by atoms with Crippen LogP contribution < -0.4 is 10.1 Å². The lowest BCUT2D eigenvalue weighted by Crippen LogP contribution is -2.65. The van der Waals surface area contributed by atoms with Crippen molar-refractivity contribution in [1.82, 2.24) is 5.32 Å². The molecule has 2 N–H and O–H groups in total. The Morgan fingerprint density at radius 2 is 2.04 bits per heavy atom. The van der Waals surface area contributed by atoms with E-state index in [2.05, 4.69) is 5.32 Å². The number of esters is 1. The van der Waals surface area contributed by atoms with Crippen molar-refractivity contribution in [3.8, 4) is 5.75 Å². The molecule has 0 fully saturated rings. The van der Waals surface area contributed by atoms with Gasteiger partial charge in [0.15, 0.2) is 0 Å². The maximum atomic E-state index is 12.5. The van der Waals surface area contributed by atoms with Crippen molar-refractivity contribution in [2.24, 2.45) is 5.92 Å². The van der Waals surface area contributed by atoms with E-state index < -0.39 is 29.3 Å². The quantitative estimate of drug-likeness (QED) is 0.593. The molecule has 0 aromatic heterocycles. The molecule has 0 radical (unpaired) electrons. The minimum Gasteiger partial charge on any atom is -0.497 e. The molecule has 2 atom stereocenters. The smallest absolute Gasteiger partial charge is 0.344 e. The first-order chi connectivity index (χ1) is 11.8. The van der Waals surface area contributed by atoms with Gasteiger partial charge in [-0.1, -0.05) is 6.07 Å². The Labute approximate surface area is 146 Å². The Hall–Kier alpha value is -2.57. The van der Waals surface area contributed by atoms with Crippen molar-refractivity contribution in [3.05, 3.63) is 29.3 Å².